The van der Waals surface area contributed by atoms with Gasteiger partial charge in [-0.25, -0.2) is 0 Å². The number of hydrogen-bond acceptors (Lipinski definition) is 4. The standard InChI is InChI=1S/C13H20F3N5/c1-9(10-2-3-10)17-4-5-20-6-7-21-11(8-20)18-19-12(21)13(14,15)16/h9-10,17H,2-8H2,1H3. The van der Waals surface area contributed by atoms with E-state index in [1.54, 1.807) is 0 Å². The molecule has 1 aromatic heterocycles. The Morgan fingerprint density at radius 1 is 1.29 bits per heavy atom. The summed E-state index contributed by atoms with van der Waals surface area (Å²) in [4.78, 5) is 2.12. The SMILES string of the molecule is CC(NCCN1CCn2c(nnc2C(F)(F)F)C1)C1CC1. The number of fused-ring (bicyclic) bond motifs is 1. The quantitative estimate of drug-likeness (QED) is 0.895. The summed E-state index contributed by atoms with van der Waals surface area (Å²) in [6, 6.07) is 0.537. The fourth-order valence-electron chi connectivity index (χ4n) is 2.82. The maximum atomic E-state index is 12.7. The Balaban J connectivity index is 1.52. The third-order valence-electron chi connectivity index (χ3n) is 4.31. The van der Waals surface area contributed by atoms with Crippen LogP contribution in [0.2, 0.25) is 0 Å². The van der Waals surface area contributed by atoms with Gasteiger partial charge in [-0.05, 0) is 25.7 Å². The van der Waals surface area contributed by atoms with E-state index in [2.05, 4.69) is 27.3 Å². The van der Waals surface area contributed by atoms with Gasteiger partial charge in [-0.2, -0.15) is 13.2 Å². The lowest BCUT2D eigenvalue weighted by Gasteiger charge is -2.28. The van der Waals surface area contributed by atoms with Gasteiger partial charge in [0.2, 0.25) is 5.82 Å². The van der Waals surface area contributed by atoms with Gasteiger partial charge >= 0.3 is 6.18 Å². The molecule has 2 heterocycles. The normalized spacial score (nSPS) is 21.3. The minimum atomic E-state index is -4.42. The summed E-state index contributed by atoms with van der Waals surface area (Å²) in [6.45, 7) is 5.22. The van der Waals surface area contributed by atoms with E-state index < -0.39 is 12.0 Å². The van der Waals surface area contributed by atoms with Crippen LogP contribution in [0.3, 0.4) is 0 Å². The predicted molar refractivity (Wildman–Crippen MR) is 70.5 cm³/mol. The number of aromatic nitrogens is 3. The van der Waals surface area contributed by atoms with E-state index in [0.717, 1.165) is 19.0 Å². The van der Waals surface area contributed by atoms with Crippen molar-refractivity contribution in [1.82, 2.24) is 25.0 Å². The predicted octanol–water partition coefficient (Wildman–Crippen LogP) is 1.50. The van der Waals surface area contributed by atoms with Crippen molar-refractivity contribution in [2.75, 3.05) is 19.6 Å². The van der Waals surface area contributed by atoms with Crippen LogP contribution in [0.1, 0.15) is 31.4 Å². The minimum Gasteiger partial charge on any atom is -0.313 e. The monoisotopic (exact) mass is 303 g/mol. The van der Waals surface area contributed by atoms with E-state index in [4.69, 9.17) is 0 Å². The lowest BCUT2D eigenvalue weighted by Crippen LogP contribution is -2.41. The molecule has 1 aliphatic heterocycles. The van der Waals surface area contributed by atoms with Gasteiger partial charge in [0.1, 0.15) is 5.82 Å². The first-order valence-corrected chi connectivity index (χ1v) is 7.40. The summed E-state index contributed by atoms with van der Waals surface area (Å²) in [5.74, 6) is 0.338. The highest BCUT2D eigenvalue weighted by Gasteiger charge is 2.39. The molecule has 1 aliphatic carbocycles. The molecule has 1 saturated carbocycles. The van der Waals surface area contributed by atoms with Crippen LogP contribution < -0.4 is 5.32 Å². The number of halogens is 3. The van der Waals surface area contributed by atoms with Crippen molar-refractivity contribution in [1.29, 1.82) is 0 Å². The number of nitrogens with one attached hydrogen (secondary N) is 1. The number of rotatable bonds is 5. The zero-order valence-corrected chi connectivity index (χ0v) is 12.0. The fourth-order valence-corrected chi connectivity index (χ4v) is 2.82. The summed E-state index contributed by atoms with van der Waals surface area (Å²) in [5.41, 5.74) is 0. The van der Waals surface area contributed by atoms with Gasteiger partial charge in [-0.3, -0.25) is 4.90 Å². The molecule has 1 unspecified atom stereocenters. The third-order valence-corrected chi connectivity index (χ3v) is 4.31. The Bertz CT molecular complexity index is 494. The van der Waals surface area contributed by atoms with E-state index in [1.165, 1.54) is 17.4 Å². The van der Waals surface area contributed by atoms with Crippen LogP contribution in [0.5, 0.6) is 0 Å². The number of hydrogen-bond donors (Lipinski definition) is 1. The molecule has 0 aromatic carbocycles. The summed E-state index contributed by atoms with van der Waals surface area (Å²) in [5, 5.41) is 10.5. The van der Waals surface area contributed by atoms with E-state index >= 15 is 0 Å². The molecule has 118 valence electrons. The van der Waals surface area contributed by atoms with Crippen molar-refractivity contribution < 1.29 is 13.2 Å². The van der Waals surface area contributed by atoms with Gasteiger partial charge in [0.25, 0.3) is 0 Å². The van der Waals surface area contributed by atoms with Crippen molar-refractivity contribution in [3.63, 3.8) is 0 Å². The molecule has 0 spiro atoms. The molecule has 1 fully saturated rings. The fraction of sp³-hybridized carbons (Fsp3) is 0.846. The second kappa shape index (κ2) is 5.57. The maximum Gasteiger partial charge on any atom is 0.451 e. The van der Waals surface area contributed by atoms with Crippen molar-refractivity contribution in [2.45, 2.75) is 45.1 Å². The Morgan fingerprint density at radius 3 is 2.71 bits per heavy atom. The molecule has 5 nitrogen and oxygen atoms in total. The van der Waals surface area contributed by atoms with Crippen molar-refractivity contribution in [2.24, 2.45) is 5.92 Å². The van der Waals surface area contributed by atoms with Gasteiger partial charge in [-0.15, -0.1) is 10.2 Å². The van der Waals surface area contributed by atoms with E-state index in [9.17, 15) is 13.2 Å². The van der Waals surface area contributed by atoms with Crippen molar-refractivity contribution in [3.05, 3.63) is 11.6 Å². The number of nitrogens with zero attached hydrogens (tertiary/aromatic N) is 4. The molecule has 0 saturated heterocycles. The van der Waals surface area contributed by atoms with Gasteiger partial charge in [0.15, 0.2) is 0 Å². The summed E-state index contributed by atoms with van der Waals surface area (Å²) in [7, 11) is 0. The molecular weight excluding hydrogens is 283 g/mol. The average molecular weight is 303 g/mol. The third kappa shape index (κ3) is 3.37. The lowest BCUT2D eigenvalue weighted by molar-refractivity contribution is -0.148. The van der Waals surface area contributed by atoms with Crippen LogP contribution in [0.4, 0.5) is 13.2 Å². The molecular formula is C13H20F3N5. The minimum absolute atomic E-state index is 0.301. The summed E-state index contributed by atoms with van der Waals surface area (Å²) < 4.78 is 39.4. The van der Waals surface area contributed by atoms with Crippen molar-refractivity contribution in [3.8, 4) is 0 Å². The lowest BCUT2D eigenvalue weighted by atomic mass is 10.2. The Labute approximate surface area is 121 Å². The molecule has 2 aliphatic rings. The smallest absolute Gasteiger partial charge is 0.313 e. The van der Waals surface area contributed by atoms with E-state index in [0.29, 0.717) is 31.5 Å². The highest BCUT2D eigenvalue weighted by atomic mass is 19.4. The van der Waals surface area contributed by atoms with E-state index in [1.807, 2.05) is 0 Å². The average Bonchev–Trinajstić information content (AvgIpc) is 3.17. The summed E-state index contributed by atoms with van der Waals surface area (Å²) >= 11 is 0. The highest BCUT2D eigenvalue weighted by molar-refractivity contribution is 5.02. The first-order chi connectivity index (χ1) is 9.95. The first-order valence-electron chi connectivity index (χ1n) is 7.40. The second-order valence-electron chi connectivity index (χ2n) is 5.95. The molecule has 0 amide bonds. The van der Waals surface area contributed by atoms with Gasteiger partial charge in [-0.1, -0.05) is 0 Å². The topological polar surface area (TPSA) is 46.0 Å². The molecule has 3 rings (SSSR count). The van der Waals surface area contributed by atoms with Crippen LogP contribution in [0, 0.1) is 5.92 Å². The van der Waals surface area contributed by atoms with Crippen LogP contribution >= 0.6 is 0 Å². The molecule has 8 heteroatoms. The molecule has 1 atom stereocenters. The highest BCUT2D eigenvalue weighted by Crippen LogP contribution is 2.32. The molecule has 21 heavy (non-hydrogen) atoms. The molecule has 0 radical (unpaired) electrons. The van der Waals surface area contributed by atoms with Crippen molar-refractivity contribution >= 4 is 0 Å². The van der Waals surface area contributed by atoms with Gasteiger partial charge < -0.3 is 9.88 Å². The molecule has 1 N–H and O–H groups in total. The van der Waals surface area contributed by atoms with Crippen LogP contribution in [0.25, 0.3) is 0 Å². The Kier molecular flexibility index (Phi) is 3.92. The van der Waals surface area contributed by atoms with E-state index in [-0.39, 0.29) is 0 Å². The zero-order valence-electron chi connectivity index (χ0n) is 12.0. The summed E-state index contributed by atoms with van der Waals surface area (Å²) in [6.07, 6.45) is -1.81. The van der Waals surface area contributed by atoms with Gasteiger partial charge in [0, 0.05) is 32.2 Å². The van der Waals surface area contributed by atoms with Gasteiger partial charge in [0.05, 0.1) is 6.54 Å². The Morgan fingerprint density at radius 2 is 2.05 bits per heavy atom. The van der Waals surface area contributed by atoms with Crippen LogP contribution in [-0.4, -0.2) is 45.3 Å². The molecule has 0 bridgehead atoms. The zero-order chi connectivity index (χ0) is 15.0. The van der Waals surface area contributed by atoms with Crippen LogP contribution in [-0.2, 0) is 19.3 Å². The Hall–Kier alpha value is -1.15. The van der Waals surface area contributed by atoms with Crippen LogP contribution in [0.15, 0.2) is 0 Å². The maximum absolute atomic E-state index is 12.7. The first kappa shape index (κ1) is 14.8. The largest absolute Gasteiger partial charge is 0.451 e. The number of alkyl halides is 3. The second-order valence-corrected chi connectivity index (χ2v) is 5.95. The molecule has 1 aromatic rings.